The van der Waals surface area contributed by atoms with Crippen LogP contribution >= 0.6 is 12.2 Å². The van der Waals surface area contributed by atoms with Crippen LogP contribution in [0.4, 0.5) is 0 Å². The molecule has 2 heterocycles. The summed E-state index contributed by atoms with van der Waals surface area (Å²) in [5.74, 6) is 0. The van der Waals surface area contributed by atoms with E-state index in [0.717, 1.165) is 10.3 Å². The minimum atomic E-state index is -0.224. The van der Waals surface area contributed by atoms with E-state index in [-0.39, 0.29) is 5.56 Å². The van der Waals surface area contributed by atoms with Crippen LogP contribution < -0.4 is 15.2 Å². The Balaban J connectivity index is 2.14. The third kappa shape index (κ3) is 2.78. The van der Waals surface area contributed by atoms with E-state index in [1.165, 1.54) is 17.9 Å². The van der Waals surface area contributed by atoms with Crippen molar-refractivity contribution in [1.29, 1.82) is 0 Å². The molecule has 6 heteroatoms. The summed E-state index contributed by atoms with van der Waals surface area (Å²) in [6.45, 7) is 0.294. The number of hydrogen-bond donors (Lipinski definition) is 0. The third-order valence-electron chi connectivity index (χ3n) is 2.30. The summed E-state index contributed by atoms with van der Waals surface area (Å²) in [5.41, 5.74) is 0.583. The molecule has 0 saturated carbocycles. The predicted molar refractivity (Wildman–Crippen MR) is 68.8 cm³/mol. The van der Waals surface area contributed by atoms with E-state index in [1.54, 1.807) is 24.5 Å². The fourth-order valence-electron chi connectivity index (χ4n) is 1.40. The van der Waals surface area contributed by atoms with Gasteiger partial charge in [0.05, 0.1) is 6.20 Å². The molecule has 0 aromatic carbocycles. The molecule has 5 nitrogen and oxygen atoms in total. The number of rotatable bonds is 4. The summed E-state index contributed by atoms with van der Waals surface area (Å²) in [6, 6.07) is 8.54. The van der Waals surface area contributed by atoms with E-state index >= 15 is 0 Å². The second kappa shape index (κ2) is 5.50. The molecule has 0 atom stereocenters. The Morgan fingerprint density at radius 1 is 1.22 bits per heavy atom. The number of hydrogen-bond acceptors (Lipinski definition) is 4. The average Bonchev–Trinajstić information content (AvgIpc) is 2.39. The molecule has 0 N–H and O–H groups in total. The first-order valence-electron chi connectivity index (χ1n) is 5.28. The van der Waals surface area contributed by atoms with Crippen molar-refractivity contribution in [3.63, 3.8) is 0 Å². The molecule has 0 aliphatic heterocycles. The van der Waals surface area contributed by atoms with Crippen LogP contribution in [-0.2, 0) is 6.61 Å². The summed E-state index contributed by atoms with van der Waals surface area (Å²) >= 11 is 5.09. The Bertz CT molecular complexity index is 648. The molecule has 2 rings (SSSR count). The zero-order valence-electron chi connectivity index (χ0n) is 9.78. The Labute approximate surface area is 109 Å². The van der Waals surface area contributed by atoms with Crippen LogP contribution in [0, 0.1) is 4.64 Å². The number of pyridine rings is 2. The Morgan fingerprint density at radius 3 is 2.78 bits per heavy atom. The van der Waals surface area contributed by atoms with E-state index in [4.69, 9.17) is 21.9 Å². The maximum atomic E-state index is 11.3. The van der Waals surface area contributed by atoms with Crippen molar-refractivity contribution >= 4 is 12.2 Å². The standard InChI is InChI=1S/C12H12N2O3S/c1-16-14-8-10(5-6-11(14)15)9-17-13-7-3-2-4-12(13)18/h2-8H,9H2,1H3. The topological polar surface area (TPSA) is 45.4 Å². The molecule has 2 aromatic rings. The van der Waals surface area contributed by atoms with Gasteiger partial charge in [0.15, 0.2) is 0 Å². The first-order chi connectivity index (χ1) is 8.70. The van der Waals surface area contributed by atoms with Gasteiger partial charge in [-0.05, 0) is 18.2 Å². The highest BCUT2D eigenvalue weighted by atomic mass is 32.1. The normalized spacial score (nSPS) is 10.1. The van der Waals surface area contributed by atoms with Gasteiger partial charge in [-0.2, -0.15) is 9.46 Å². The summed E-state index contributed by atoms with van der Waals surface area (Å²) in [5, 5.41) is 0. The van der Waals surface area contributed by atoms with Gasteiger partial charge in [0.25, 0.3) is 5.56 Å². The maximum Gasteiger partial charge on any atom is 0.282 e. The lowest BCUT2D eigenvalue weighted by molar-refractivity contribution is 0.0902. The quantitative estimate of drug-likeness (QED) is 0.775. The smallest absolute Gasteiger partial charge is 0.282 e. The van der Waals surface area contributed by atoms with Gasteiger partial charge in [-0.25, -0.2) is 0 Å². The van der Waals surface area contributed by atoms with Crippen molar-refractivity contribution in [3.05, 3.63) is 63.3 Å². The molecule has 0 spiro atoms. The molecule has 0 radical (unpaired) electrons. The summed E-state index contributed by atoms with van der Waals surface area (Å²) < 4.78 is 3.22. The fourth-order valence-corrected chi connectivity index (χ4v) is 1.59. The zero-order valence-corrected chi connectivity index (χ0v) is 10.6. The van der Waals surface area contributed by atoms with Crippen molar-refractivity contribution in [3.8, 4) is 0 Å². The van der Waals surface area contributed by atoms with E-state index in [1.807, 2.05) is 12.1 Å². The van der Waals surface area contributed by atoms with E-state index < -0.39 is 0 Å². The molecule has 18 heavy (non-hydrogen) atoms. The first kappa shape index (κ1) is 12.4. The van der Waals surface area contributed by atoms with Gasteiger partial charge in [0.2, 0.25) is 0 Å². The molecule has 0 saturated heterocycles. The molecular formula is C12H12N2O3S. The van der Waals surface area contributed by atoms with Gasteiger partial charge in [-0.3, -0.25) is 4.79 Å². The highest BCUT2D eigenvalue weighted by Crippen LogP contribution is 1.98. The number of aromatic nitrogens is 2. The van der Waals surface area contributed by atoms with Crippen LogP contribution in [0.5, 0.6) is 0 Å². The summed E-state index contributed by atoms with van der Waals surface area (Å²) in [7, 11) is 1.43. The SMILES string of the molecule is COn1cc(COn2ccccc2=S)ccc1=O. The van der Waals surface area contributed by atoms with Gasteiger partial charge in [0.1, 0.15) is 18.4 Å². The van der Waals surface area contributed by atoms with Crippen LogP contribution in [0.25, 0.3) is 0 Å². The lowest BCUT2D eigenvalue weighted by Gasteiger charge is -2.10. The second-order valence-electron chi connectivity index (χ2n) is 3.52. The minimum Gasteiger partial charge on any atom is -0.414 e. The molecular weight excluding hydrogens is 252 g/mol. The van der Waals surface area contributed by atoms with Crippen molar-refractivity contribution in [2.45, 2.75) is 6.61 Å². The van der Waals surface area contributed by atoms with Crippen LogP contribution in [0.1, 0.15) is 5.56 Å². The first-order valence-corrected chi connectivity index (χ1v) is 5.68. The highest BCUT2D eigenvalue weighted by Gasteiger charge is 1.99. The predicted octanol–water partition coefficient (Wildman–Crippen LogP) is 1.07. The second-order valence-corrected chi connectivity index (χ2v) is 3.94. The van der Waals surface area contributed by atoms with E-state index in [9.17, 15) is 4.79 Å². The zero-order chi connectivity index (χ0) is 13.0. The van der Waals surface area contributed by atoms with Crippen molar-refractivity contribution in [2.75, 3.05) is 7.11 Å². The molecule has 2 aromatic heterocycles. The third-order valence-corrected chi connectivity index (χ3v) is 2.61. The maximum absolute atomic E-state index is 11.3. The molecule has 0 amide bonds. The average molecular weight is 264 g/mol. The molecule has 0 aliphatic carbocycles. The van der Waals surface area contributed by atoms with Crippen molar-refractivity contribution in [1.82, 2.24) is 9.46 Å². The Kier molecular flexibility index (Phi) is 3.78. The van der Waals surface area contributed by atoms with E-state index in [0.29, 0.717) is 11.2 Å². The lowest BCUT2D eigenvalue weighted by Crippen LogP contribution is -2.24. The minimum absolute atomic E-state index is 0.224. The van der Waals surface area contributed by atoms with Crippen LogP contribution in [0.2, 0.25) is 0 Å². The summed E-state index contributed by atoms with van der Waals surface area (Å²) in [6.07, 6.45) is 3.31. The summed E-state index contributed by atoms with van der Waals surface area (Å²) in [4.78, 5) is 21.7. The van der Waals surface area contributed by atoms with Gasteiger partial charge in [0, 0.05) is 17.8 Å². The van der Waals surface area contributed by atoms with Crippen molar-refractivity contribution in [2.24, 2.45) is 0 Å². The number of nitrogens with zero attached hydrogens (tertiary/aromatic N) is 2. The van der Waals surface area contributed by atoms with Gasteiger partial charge in [-0.15, -0.1) is 0 Å². The van der Waals surface area contributed by atoms with Gasteiger partial charge >= 0.3 is 0 Å². The molecule has 0 bridgehead atoms. The van der Waals surface area contributed by atoms with E-state index in [2.05, 4.69) is 0 Å². The van der Waals surface area contributed by atoms with Gasteiger partial charge in [-0.1, -0.05) is 18.3 Å². The lowest BCUT2D eigenvalue weighted by atomic mass is 10.3. The highest BCUT2D eigenvalue weighted by molar-refractivity contribution is 7.71. The molecule has 0 aliphatic rings. The largest absolute Gasteiger partial charge is 0.414 e. The monoisotopic (exact) mass is 264 g/mol. The van der Waals surface area contributed by atoms with Gasteiger partial charge < -0.3 is 9.68 Å². The Morgan fingerprint density at radius 2 is 2.06 bits per heavy atom. The van der Waals surface area contributed by atoms with Crippen LogP contribution in [-0.4, -0.2) is 16.6 Å². The molecule has 0 fully saturated rings. The molecule has 0 unspecified atom stereocenters. The fraction of sp³-hybridized carbons (Fsp3) is 0.167. The van der Waals surface area contributed by atoms with Crippen LogP contribution in [0.3, 0.4) is 0 Å². The van der Waals surface area contributed by atoms with Crippen LogP contribution in [0.15, 0.2) is 47.5 Å². The van der Waals surface area contributed by atoms with Crippen molar-refractivity contribution < 1.29 is 9.68 Å². The Hall–Kier alpha value is -2.08. The molecule has 94 valence electrons.